The van der Waals surface area contributed by atoms with Crippen molar-refractivity contribution < 1.29 is 9.13 Å². The van der Waals surface area contributed by atoms with Gasteiger partial charge in [0.05, 0.1) is 7.11 Å². The fourth-order valence-corrected chi connectivity index (χ4v) is 2.73. The van der Waals surface area contributed by atoms with Crippen molar-refractivity contribution in [3.05, 3.63) is 65.0 Å². The molecule has 0 N–H and O–H groups in total. The average molecular weight is 307 g/mol. The molecule has 2 rings (SSSR count). The number of aryl methyl sites for hydroxylation is 1. The topological polar surface area (TPSA) is 9.23 Å². The zero-order valence-electron chi connectivity index (χ0n) is 12.4. The Morgan fingerprint density at radius 2 is 1.95 bits per heavy atom. The second-order valence-corrected chi connectivity index (χ2v) is 5.66. The van der Waals surface area contributed by atoms with Gasteiger partial charge in [0.15, 0.2) is 0 Å². The standard InChI is InChI=1S/C18H20ClFO/c1-13-8-17(20)7-6-16(13)10-15(12-19)9-14-4-3-5-18(11-14)21-2/h3-8,11,15H,9-10,12H2,1-2H3. The molecule has 0 bridgehead atoms. The molecule has 0 aliphatic rings. The van der Waals surface area contributed by atoms with Crippen molar-refractivity contribution in [1.29, 1.82) is 0 Å². The quantitative estimate of drug-likeness (QED) is 0.698. The molecule has 0 amide bonds. The molecule has 112 valence electrons. The molecule has 0 saturated carbocycles. The second kappa shape index (κ2) is 7.46. The highest BCUT2D eigenvalue weighted by Gasteiger charge is 2.12. The van der Waals surface area contributed by atoms with Crippen LogP contribution < -0.4 is 4.74 Å². The summed E-state index contributed by atoms with van der Waals surface area (Å²) < 4.78 is 18.4. The van der Waals surface area contributed by atoms with Crippen molar-refractivity contribution in [3.8, 4) is 5.75 Å². The van der Waals surface area contributed by atoms with E-state index >= 15 is 0 Å². The molecule has 0 aliphatic heterocycles. The third-order valence-corrected chi connectivity index (χ3v) is 4.13. The summed E-state index contributed by atoms with van der Waals surface area (Å²) in [5.74, 6) is 1.57. The van der Waals surface area contributed by atoms with Gasteiger partial charge in [-0.25, -0.2) is 4.39 Å². The maximum atomic E-state index is 13.2. The maximum absolute atomic E-state index is 13.2. The van der Waals surface area contributed by atoms with E-state index in [2.05, 4.69) is 6.07 Å². The molecule has 0 aliphatic carbocycles. The zero-order valence-corrected chi connectivity index (χ0v) is 13.2. The van der Waals surface area contributed by atoms with Crippen molar-refractivity contribution in [2.24, 2.45) is 5.92 Å². The second-order valence-electron chi connectivity index (χ2n) is 5.35. The normalized spacial score (nSPS) is 12.2. The molecule has 3 heteroatoms. The maximum Gasteiger partial charge on any atom is 0.123 e. The van der Waals surface area contributed by atoms with Crippen LogP contribution in [-0.2, 0) is 12.8 Å². The lowest BCUT2D eigenvalue weighted by Crippen LogP contribution is -2.11. The van der Waals surface area contributed by atoms with Crippen LogP contribution in [0.25, 0.3) is 0 Å². The molecule has 2 aromatic carbocycles. The first-order valence-corrected chi connectivity index (χ1v) is 7.59. The fourth-order valence-electron chi connectivity index (χ4n) is 2.51. The van der Waals surface area contributed by atoms with Crippen LogP contribution in [0.3, 0.4) is 0 Å². The third-order valence-electron chi connectivity index (χ3n) is 3.69. The number of alkyl halides is 1. The first kappa shape index (κ1) is 15.8. The van der Waals surface area contributed by atoms with Gasteiger partial charge in [-0.1, -0.05) is 18.2 Å². The van der Waals surface area contributed by atoms with Crippen LogP contribution in [0, 0.1) is 18.7 Å². The molecule has 21 heavy (non-hydrogen) atoms. The first-order valence-electron chi connectivity index (χ1n) is 7.06. The Labute approximate surface area is 130 Å². The first-order chi connectivity index (χ1) is 10.1. The van der Waals surface area contributed by atoms with Gasteiger partial charge in [0.2, 0.25) is 0 Å². The lowest BCUT2D eigenvalue weighted by atomic mass is 9.92. The molecule has 0 aromatic heterocycles. The molecule has 0 spiro atoms. The summed E-state index contributed by atoms with van der Waals surface area (Å²) in [7, 11) is 1.67. The molecule has 1 unspecified atom stereocenters. The molecule has 0 fully saturated rings. The van der Waals surface area contributed by atoms with Gasteiger partial charge in [-0.05, 0) is 66.6 Å². The third kappa shape index (κ3) is 4.47. The Morgan fingerprint density at radius 3 is 2.62 bits per heavy atom. The van der Waals surface area contributed by atoms with Crippen LogP contribution >= 0.6 is 11.6 Å². The van der Waals surface area contributed by atoms with Gasteiger partial charge in [0, 0.05) is 5.88 Å². The Hall–Kier alpha value is -1.54. The van der Waals surface area contributed by atoms with E-state index in [1.54, 1.807) is 13.2 Å². The SMILES string of the molecule is COc1cccc(CC(CCl)Cc2ccc(F)cc2C)c1. The minimum absolute atomic E-state index is 0.188. The van der Waals surface area contributed by atoms with Gasteiger partial charge in [0.25, 0.3) is 0 Å². The Morgan fingerprint density at radius 1 is 1.14 bits per heavy atom. The molecule has 0 radical (unpaired) electrons. The van der Waals surface area contributed by atoms with E-state index in [0.717, 1.165) is 29.7 Å². The van der Waals surface area contributed by atoms with Crippen molar-refractivity contribution in [2.45, 2.75) is 19.8 Å². The minimum atomic E-state index is -0.188. The molecular weight excluding hydrogens is 287 g/mol. The van der Waals surface area contributed by atoms with Crippen LogP contribution in [-0.4, -0.2) is 13.0 Å². The Bertz CT molecular complexity index is 598. The van der Waals surface area contributed by atoms with E-state index in [1.165, 1.54) is 11.6 Å². The number of ether oxygens (including phenoxy) is 1. The summed E-state index contributed by atoms with van der Waals surface area (Å²) in [6.07, 6.45) is 1.74. The minimum Gasteiger partial charge on any atom is -0.497 e. The molecule has 1 atom stereocenters. The summed E-state index contributed by atoms with van der Waals surface area (Å²) >= 11 is 6.12. The van der Waals surface area contributed by atoms with Gasteiger partial charge in [-0.2, -0.15) is 0 Å². The van der Waals surface area contributed by atoms with E-state index in [9.17, 15) is 4.39 Å². The molecule has 0 heterocycles. The summed E-state index contributed by atoms with van der Waals surface area (Å²) in [5, 5.41) is 0. The van der Waals surface area contributed by atoms with Crippen molar-refractivity contribution in [3.63, 3.8) is 0 Å². The smallest absolute Gasteiger partial charge is 0.123 e. The van der Waals surface area contributed by atoms with E-state index in [1.807, 2.05) is 31.2 Å². The lowest BCUT2D eigenvalue weighted by Gasteiger charge is -2.16. The van der Waals surface area contributed by atoms with Gasteiger partial charge in [-0.3, -0.25) is 0 Å². The number of methoxy groups -OCH3 is 1. The van der Waals surface area contributed by atoms with E-state index in [-0.39, 0.29) is 5.82 Å². The lowest BCUT2D eigenvalue weighted by molar-refractivity contribution is 0.414. The van der Waals surface area contributed by atoms with E-state index in [0.29, 0.717) is 11.8 Å². The summed E-state index contributed by atoms with van der Waals surface area (Å²) in [6, 6.07) is 13.0. The van der Waals surface area contributed by atoms with E-state index in [4.69, 9.17) is 16.3 Å². The molecule has 0 saturated heterocycles. The molecule has 1 nitrogen and oxygen atoms in total. The predicted octanol–water partition coefficient (Wildman–Crippen LogP) is 4.78. The van der Waals surface area contributed by atoms with Crippen molar-refractivity contribution in [1.82, 2.24) is 0 Å². The molecule has 2 aromatic rings. The highest BCUT2D eigenvalue weighted by Crippen LogP contribution is 2.21. The number of benzene rings is 2. The number of halogens is 2. The largest absolute Gasteiger partial charge is 0.497 e. The van der Waals surface area contributed by atoms with Gasteiger partial charge in [0.1, 0.15) is 11.6 Å². The van der Waals surface area contributed by atoms with Gasteiger partial charge < -0.3 is 4.74 Å². The average Bonchev–Trinajstić information content (AvgIpc) is 2.49. The Kier molecular flexibility index (Phi) is 5.63. The van der Waals surface area contributed by atoms with Crippen LogP contribution in [0.4, 0.5) is 4.39 Å². The van der Waals surface area contributed by atoms with Gasteiger partial charge in [-0.15, -0.1) is 11.6 Å². The number of rotatable bonds is 6. The van der Waals surface area contributed by atoms with E-state index < -0.39 is 0 Å². The van der Waals surface area contributed by atoms with Crippen LogP contribution in [0.2, 0.25) is 0 Å². The summed E-state index contributed by atoms with van der Waals surface area (Å²) in [4.78, 5) is 0. The Balaban J connectivity index is 2.09. The van der Waals surface area contributed by atoms with Crippen molar-refractivity contribution in [2.75, 3.05) is 13.0 Å². The van der Waals surface area contributed by atoms with Crippen LogP contribution in [0.15, 0.2) is 42.5 Å². The summed E-state index contributed by atoms with van der Waals surface area (Å²) in [5.41, 5.74) is 3.35. The zero-order chi connectivity index (χ0) is 15.2. The molecular formula is C18H20ClFO. The van der Waals surface area contributed by atoms with Gasteiger partial charge >= 0.3 is 0 Å². The number of hydrogen-bond acceptors (Lipinski definition) is 1. The number of hydrogen-bond donors (Lipinski definition) is 0. The van der Waals surface area contributed by atoms with Crippen LogP contribution in [0.5, 0.6) is 5.75 Å². The van der Waals surface area contributed by atoms with Crippen molar-refractivity contribution >= 4 is 11.6 Å². The highest BCUT2D eigenvalue weighted by molar-refractivity contribution is 6.18. The monoisotopic (exact) mass is 306 g/mol. The highest BCUT2D eigenvalue weighted by atomic mass is 35.5. The predicted molar refractivity (Wildman–Crippen MR) is 85.7 cm³/mol. The van der Waals surface area contributed by atoms with Crippen LogP contribution in [0.1, 0.15) is 16.7 Å². The fraction of sp³-hybridized carbons (Fsp3) is 0.333. The summed E-state index contributed by atoms with van der Waals surface area (Å²) in [6.45, 7) is 1.94.